The van der Waals surface area contributed by atoms with Crippen LogP contribution in [0.2, 0.25) is 5.02 Å². The molecule has 3 N–H and O–H groups in total. The van der Waals surface area contributed by atoms with Crippen LogP contribution < -0.4 is 5.32 Å². The standard InChI is InChI=1S/C11H11BrClN4O4P/c1-6-2-3-8(7(13)4-6)14-11(18)9-10(12)16-17(15-9)5-22(19,20)21/h2-4H,5H2,1H3,(H,14,18)(H2,19,20,21). The first-order valence-electron chi connectivity index (χ1n) is 5.88. The fraction of sp³-hybridized carbons (Fsp3) is 0.182. The Morgan fingerprint density at radius 1 is 1.45 bits per heavy atom. The average molecular weight is 410 g/mol. The van der Waals surface area contributed by atoms with Crippen molar-refractivity contribution in [3.63, 3.8) is 0 Å². The predicted octanol–water partition coefficient (Wildman–Crippen LogP) is 2.39. The van der Waals surface area contributed by atoms with Crippen LogP contribution in [0.5, 0.6) is 0 Å². The van der Waals surface area contributed by atoms with Gasteiger partial charge in [-0.2, -0.15) is 4.80 Å². The van der Waals surface area contributed by atoms with Gasteiger partial charge in [0.15, 0.2) is 16.6 Å². The Hall–Kier alpha value is -1.25. The summed E-state index contributed by atoms with van der Waals surface area (Å²) in [5, 5.41) is 10.4. The van der Waals surface area contributed by atoms with Gasteiger partial charge in [-0.3, -0.25) is 9.36 Å². The minimum Gasteiger partial charge on any atom is -0.323 e. The Kier molecular flexibility index (Phi) is 5.03. The number of anilines is 1. The lowest BCUT2D eigenvalue weighted by molar-refractivity contribution is 0.102. The molecule has 0 saturated carbocycles. The SMILES string of the molecule is Cc1ccc(NC(=O)c2nn(CP(=O)(O)O)nc2Br)c(Cl)c1. The van der Waals surface area contributed by atoms with Crippen LogP contribution in [0.15, 0.2) is 22.8 Å². The van der Waals surface area contributed by atoms with E-state index in [9.17, 15) is 9.36 Å². The Bertz CT molecular complexity index is 775. The van der Waals surface area contributed by atoms with Gasteiger partial charge in [0.25, 0.3) is 5.91 Å². The van der Waals surface area contributed by atoms with E-state index >= 15 is 0 Å². The molecule has 0 bridgehead atoms. The number of nitrogens with one attached hydrogen (secondary N) is 1. The number of aromatic nitrogens is 3. The van der Waals surface area contributed by atoms with E-state index in [1.165, 1.54) is 0 Å². The van der Waals surface area contributed by atoms with Gasteiger partial charge in [-0.05, 0) is 40.5 Å². The molecule has 0 atom stereocenters. The summed E-state index contributed by atoms with van der Waals surface area (Å²) in [5.74, 6) is -0.602. The maximum absolute atomic E-state index is 12.1. The molecular weight excluding hydrogens is 398 g/mol. The van der Waals surface area contributed by atoms with Gasteiger partial charge in [0.05, 0.1) is 10.7 Å². The van der Waals surface area contributed by atoms with Crippen LogP contribution in [0.4, 0.5) is 5.69 Å². The van der Waals surface area contributed by atoms with Crippen molar-refractivity contribution in [3.05, 3.63) is 39.1 Å². The number of carbonyl (C=O) groups excluding carboxylic acids is 1. The maximum Gasteiger partial charge on any atom is 0.348 e. The third kappa shape index (κ3) is 4.37. The second-order valence-electron chi connectivity index (χ2n) is 4.46. The summed E-state index contributed by atoms with van der Waals surface area (Å²) in [6.45, 7) is 1.86. The summed E-state index contributed by atoms with van der Waals surface area (Å²) in [6.07, 6.45) is -0.718. The number of amides is 1. The summed E-state index contributed by atoms with van der Waals surface area (Å²) in [5.41, 5.74) is 1.23. The number of carbonyl (C=O) groups is 1. The topological polar surface area (TPSA) is 117 Å². The van der Waals surface area contributed by atoms with Crippen molar-refractivity contribution in [2.45, 2.75) is 13.2 Å². The number of benzene rings is 1. The third-order valence-electron chi connectivity index (χ3n) is 2.51. The Morgan fingerprint density at radius 3 is 2.73 bits per heavy atom. The molecule has 22 heavy (non-hydrogen) atoms. The molecule has 0 fully saturated rings. The molecule has 0 aliphatic rings. The van der Waals surface area contributed by atoms with Crippen LogP contribution >= 0.6 is 35.1 Å². The first-order chi connectivity index (χ1) is 10.2. The van der Waals surface area contributed by atoms with Crippen molar-refractivity contribution < 1.29 is 19.1 Å². The fourth-order valence-corrected chi connectivity index (χ4v) is 2.78. The lowest BCUT2D eigenvalue weighted by atomic mass is 10.2. The van der Waals surface area contributed by atoms with E-state index in [-0.39, 0.29) is 10.3 Å². The highest BCUT2D eigenvalue weighted by atomic mass is 79.9. The molecule has 1 amide bonds. The molecule has 1 heterocycles. The second-order valence-corrected chi connectivity index (χ2v) is 7.23. The van der Waals surface area contributed by atoms with Gasteiger partial charge in [0.2, 0.25) is 0 Å². The highest BCUT2D eigenvalue weighted by Crippen LogP contribution is 2.36. The summed E-state index contributed by atoms with van der Waals surface area (Å²) < 4.78 is 11.0. The van der Waals surface area contributed by atoms with Gasteiger partial charge in [-0.15, -0.1) is 10.2 Å². The number of rotatable bonds is 4. The Morgan fingerprint density at radius 2 is 2.14 bits per heavy atom. The molecule has 118 valence electrons. The van der Waals surface area contributed by atoms with E-state index in [0.29, 0.717) is 10.7 Å². The molecule has 0 saturated heterocycles. The molecule has 11 heteroatoms. The molecule has 0 radical (unpaired) electrons. The van der Waals surface area contributed by atoms with Gasteiger partial charge in [0, 0.05) is 0 Å². The normalized spacial score (nSPS) is 11.5. The van der Waals surface area contributed by atoms with Crippen molar-refractivity contribution in [2.24, 2.45) is 0 Å². The minimum absolute atomic E-state index is 0.0710. The van der Waals surface area contributed by atoms with Crippen LogP contribution in [0.1, 0.15) is 16.1 Å². The highest BCUT2D eigenvalue weighted by Gasteiger charge is 2.22. The number of nitrogens with zero attached hydrogens (tertiary/aromatic N) is 3. The minimum atomic E-state index is -4.34. The molecule has 2 rings (SSSR count). The second kappa shape index (κ2) is 6.47. The van der Waals surface area contributed by atoms with E-state index in [1.54, 1.807) is 18.2 Å². The number of hydrogen-bond donors (Lipinski definition) is 3. The average Bonchev–Trinajstić information content (AvgIpc) is 2.71. The van der Waals surface area contributed by atoms with E-state index < -0.39 is 19.8 Å². The lowest BCUT2D eigenvalue weighted by Crippen LogP contribution is -2.14. The Balaban J connectivity index is 2.21. The smallest absolute Gasteiger partial charge is 0.323 e. The summed E-state index contributed by atoms with van der Waals surface area (Å²) >= 11 is 9.05. The van der Waals surface area contributed by atoms with Gasteiger partial charge >= 0.3 is 7.60 Å². The molecule has 8 nitrogen and oxygen atoms in total. The number of halogens is 2. The van der Waals surface area contributed by atoms with Crippen molar-refractivity contribution >= 4 is 46.7 Å². The van der Waals surface area contributed by atoms with E-state index in [4.69, 9.17) is 21.4 Å². The number of aryl methyl sites for hydroxylation is 1. The quantitative estimate of drug-likeness (QED) is 0.668. The highest BCUT2D eigenvalue weighted by molar-refractivity contribution is 9.10. The van der Waals surface area contributed by atoms with Crippen molar-refractivity contribution in [1.29, 1.82) is 0 Å². The maximum atomic E-state index is 12.1. The molecule has 2 aromatic rings. The fourth-order valence-electron chi connectivity index (χ4n) is 1.60. The first-order valence-corrected chi connectivity index (χ1v) is 8.85. The molecular formula is C11H11BrClN4O4P. The monoisotopic (exact) mass is 408 g/mol. The molecule has 0 aliphatic carbocycles. The third-order valence-corrected chi connectivity index (χ3v) is 3.98. The summed E-state index contributed by atoms with van der Waals surface area (Å²) in [4.78, 5) is 30.7. The first kappa shape index (κ1) is 17.1. The van der Waals surface area contributed by atoms with Gasteiger partial charge in [-0.25, -0.2) is 0 Å². The molecule has 0 unspecified atom stereocenters. The predicted molar refractivity (Wildman–Crippen MR) is 83.9 cm³/mol. The largest absolute Gasteiger partial charge is 0.348 e. The van der Waals surface area contributed by atoms with Crippen molar-refractivity contribution in [2.75, 3.05) is 5.32 Å². The van der Waals surface area contributed by atoms with E-state index in [0.717, 1.165) is 10.4 Å². The lowest BCUT2D eigenvalue weighted by Gasteiger charge is -2.06. The molecule has 0 spiro atoms. The van der Waals surface area contributed by atoms with Crippen LogP contribution in [-0.2, 0) is 10.9 Å². The van der Waals surface area contributed by atoms with Gasteiger partial charge in [-0.1, -0.05) is 17.7 Å². The zero-order valence-corrected chi connectivity index (χ0v) is 14.4. The zero-order valence-electron chi connectivity index (χ0n) is 11.2. The van der Waals surface area contributed by atoms with Crippen LogP contribution in [-0.4, -0.2) is 30.7 Å². The summed E-state index contributed by atoms with van der Waals surface area (Å²) in [6, 6.07) is 5.11. The van der Waals surface area contributed by atoms with E-state index in [1.807, 2.05) is 6.92 Å². The summed E-state index contributed by atoms with van der Waals surface area (Å²) in [7, 11) is -4.34. The van der Waals surface area contributed by atoms with Crippen LogP contribution in [0, 0.1) is 6.92 Å². The van der Waals surface area contributed by atoms with Gasteiger partial charge in [0.1, 0.15) is 0 Å². The molecule has 1 aromatic heterocycles. The molecule has 0 aliphatic heterocycles. The van der Waals surface area contributed by atoms with Crippen molar-refractivity contribution in [3.8, 4) is 0 Å². The van der Waals surface area contributed by atoms with Crippen LogP contribution in [0.3, 0.4) is 0 Å². The van der Waals surface area contributed by atoms with Gasteiger partial charge < -0.3 is 15.1 Å². The Labute approximate surface area is 138 Å². The van der Waals surface area contributed by atoms with E-state index in [2.05, 4.69) is 31.4 Å². The van der Waals surface area contributed by atoms with Crippen LogP contribution in [0.25, 0.3) is 0 Å². The van der Waals surface area contributed by atoms with Crippen molar-refractivity contribution in [1.82, 2.24) is 15.0 Å². The molecule has 1 aromatic carbocycles. The zero-order chi connectivity index (χ0) is 16.5. The number of hydrogen-bond acceptors (Lipinski definition) is 4.